The molecule has 0 saturated carbocycles. The highest BCUT2D eigenvalue weighted by Crippen LogP contribution is 2.34. The summed E-state index contributed by atoms with van der Waals surface area (Å²) in [5.41, 5.74) is 9.24. The molecule has 0 aliphatic rings. The van der Waals surface area contributed by atoms with E-state index in [1.807, 2.05) is 32.0 Å². The molecule has 0 atom stereocenters. The molecule has 5 heteroatoms. The molecule has 108 valence electrons. The van der Waals surface area contributed by atoms with Crippen molar-refractivity contribution in [3.63, 3.8) is 0 Å². The molecule has 3 rings (SSSR count). The van der Waals surface area contributed by atoms with E-state index in [9.17, 15) is 4.39 Å². The standard InChI is InChI=1S/C16H16FN3O/c1-3-21-13-6-4-10(2)8-12(13)15-16(18)20-9-11(17)5-7-14(20)19-15/h4-9H,3,18H2,1-2H3. The summed E-state index contributed by atoms with van der Waals surface area (Å²) in [6.45, 7) is 4.47. The van der Waals surface area contributed by atoms with Crippen LogP contribution in [0, 0.1) is 12.7 Å². The molecule has 0 radical (unpaired) electrons. The fraction of sp³-hybridized carbons (Fsp3) is 0.188. The van der Waals surface area contributed by atoms with Gasteiger partial charge in [-0.2, -0.15) is 0 Å². The lowest BCUT2D eigenvalue weighted by molar-refractivity contribution is 0.341. The highest BCUT2D eigenvalue weighted by Gasteiger charge is 2.16. The number of halogens is 1. The lowest BCUT2D eigenvalue weighted by Crippen LogP contribution is -1.98. The Labute approximate surface area is 122 Å². The maximum Gasteiger partial charge on any atom is 0.140 e. The van der Waals surface area contributed by atoms with Crippen molar-refractivity contribution in [3.05, 3.63) is 47.9 Å². The van der Waals surface area contributed by atoms with Crippen LogP contribution in [-0.2, 0) is 0 Å². The predicted octanol–water partition coefficient (Wildman–Crippen LogP) is 3.43. The Bertz CT molecular complexity index is 811. The lowest BCUT2D eigenvalue weighted by atomic mass is 10.1. The predicted molar refractivity (Wildman–Crippen MR) is 80.9 cm³/mol. The molecule has 3 aromatic rings. The van der Waals surface area contributed by atoms with Crippen molar-refractivity contribution in [3.8, 4) is 17.0 Å². The Kier molecular flexibility index (Phi) is 3.25. The van der Waals surface area contributed by atoms with Crippen LogP contribution >= 0.6 is 0 Å². The molecule has 0 amide bonds. The zero-order chi connectivity index (χ0) is 15.0. The molecule has 0 aliphatic heterocycles. The van der Waals surface area contributed by atoms with Gasteiger partial charge < -0.3 is 10.5 Å². The Hall–Kier alpha value is -2.56. The number of hydrogen-bond donors (Lipinski definition) is 1. The van der Waals surface area contributed by atoms with Gasteiger partial charge in [-0.3, -0.25) is 4.40 Å². The Morgan fingerprint density at radius 1 is 1.29 bits per heavy atom. The number of fused-ring (bicyclic) bond motifs is 1. The van der Waals surface area contributed by atoms with E-state index in [1.165, 1.54) is 12.3 Å². The molecular weight excluding hydrogens is 269 g/mol. The number of nitrogens with two attached hydrogens (primary N) is 1. The van der Waals surface area contributed by atoms with Crippen LogP contribution in [0.5, 0.6) is 5.75 Å². The first kappa shape index (κ1) is 13.4. The highest BCUT2D eigenvalue weighted by atomic mass is 19.1. The molecular formula is C16H16FN3O. The van der Waals surface area contributed by atoms with Crippen molar-refractivity contribution in [1.29, 1.82) is 0 Å². The van der Waals surface area contributed by atoms with Crippen LogP contribution in [-0.4, -0.2) is 16.0 Å². The molecule has 0 bridgehead atoms. The summed E-state index contributed by atoms with van der Waals surface area (Å²) in [5.74, 6) is 0.766. The third-order valence-electron chi connectivity index (χ3n) is 3.31. The van der Waals surface area contributed by atoms with E-state index in [2.05, 4.69) is 4.98 Å². The molecule has 21 heavy (non-hydrogen) atoms. The Morgan fingerprint density at radius 2 is 2.10 bits per heavy atom. The van der Waals surface area contributed by atoms with Crippen LogP contribution in [0.3, 0.4) is 0 Å². The highest BCUT2D eigenvalue weighted by molar-refractivity contribution is 5.79. The molecule has 2 heterocycles. The number of nitrogen functional groups attached to an aromatic ring is 1. The number of benzene rings is 1. The van der Waals surface area contributed by atoms with Crippen LogP contribution in [0.1, 0.15) is 12.5 Å². The van der Waals surface area contributed by atoms with Crippen LogP contribution in [0.4, 0.5) is 10.2 Å². The minimum atomic E-state index is -0.354. The minimum Gasteiger partial charge on any atom is -0.493 e. The number of pyridine rings is 1. The first-order valence-corrected chi connectivity index (χ1v) is 6.77. The smallest absolute Gasteiger partial charge is 0.140 e. The van der Waals surface area contributed by atoms with Gasteiger partial charge in [0.2, 0.25) is 0 Å². The van der Waals surface area contributed by atoms with Gasteiger partial charge in [0.25, 0.3) is 0 Å². The average Bonchev–Trinajstić information content (AvgIpc) is 2.78. The molecule has 2 N–H and O–H groups in total. The summed E-state index contributed by atoms with van der Waals surface area (Å²) in [7, 11) is 0. The van der Waals surface area contributed by atoms with E-state index in [4.69, 9.17) is 10.5 Å². The van der Waals surface area contributed by atoms with Crippen molar-refractivity contribution in [2.24, 2.45) is 0 Å². The van der Waals surface area contributed by atoms with Gasteiger partial charge in [0.1, 0.15) is 28.7 Å². The van der Waals surface area contributed by atoms with Gasteiger partial charge in [-0.05, 0) is 38.1 Å². The van der Waals surface area contributed by atoms with E-state index >= 15 is 0 Å². The lowest BCUT2D eigenvalue weighted by Gasteiger charge is -2.10. The molecule has 0 spiro atoms. The van der Waals surface area contributed by atoms with Gasteiger partial charge >= 0.3 is 0 Å². The van der Waals surface area contributed by atoms with E-state index in [0.29, 0.717) is 23.8 Å². The molecule has 0 saturated heterocycles. The third-order valence-corrected chi connectivity index (χ3v) is 3.31. The number of nitrogens with zero attached hydrogens (tertiary/aromatic N) is 2. The number of rotatable bonds is 3. The monoisotopic (exact) mass is 285 g/mol. The summed E-state index contributed by atoms with van der Waals surface area (Å²) in [6, 6.07) is 8.81. The number of imidazole rings is 1. The van der Waals surface area contributed by atoms with Crippen LogP contribution < -0.4 is 10.5 Å². The molecule has 2 aromatic heterocycles. The molecule has 4 nitrogen and oxygen atoms in total. The van der Waals surface area contributed by atoms with Crippen molar-refractivity contribution in [2.75, 3.05) is 12.3 Å². The van der Waals surface area contributed by atoms with E-state index < -0.39 is 0 Å². The molecule has 0 unspecified atom stereocenters. The number of aromatic nitrogens is 2. The van der Waals surface area contributed by atoms with Gasteiger partial charge in [-0.1, -0.05) is 11.6 Å². The number of aryl methyl sites for hydroxylation is 1. The van der Waals surface area contributed by atoms with Crippen LogP contribution in [0.2, 0.25) is 0 Å². The second-order valence-electron chi connectivity index (χ2n) is 4.85. The fourth-order valence-corrected chi connectivity index (χ4v) is 2.35. The molecule has 0 aliphatic carbocycles. The second kappa shape index (κ2) is 5.09. The number of hydrogen-bond acceptors (Lipinski definition) is 3. The first-order chi connectivity index (χ1) is 10.1. The normalized spacial score (nSPS) is 11.0. The van der Waals surface area contributed by atoms with Crippen molar-refractivity contribution < 1.29 is 9.13 Å². The summed E-state index contributed by atoms with van der Waals surface area (Å²) < 4.78 is 20.6. The van der Waals surface area contributed by atoms with Gasteiger partial charge in [-0.25, -0.2) is 9.37 Å². The van der Waals surface area contributed by atoms with Gasteiger partial charge in [-0.15, -0.1) is 0 Å². The zero-order valence-corrected chi connectivity index (χ0v) is 11.9. The maximum atomic E-state index is 13.4. The van der Waals surface area contributed by atoms with Crippen LogP contribution in [0.15, 0.2) is 36.5 Å². The van der Waals surface area contributed by atoms with Crippen molar-refractivity contribution in [1.82, 2.24) is 9.38 Å². The topological polar surface area (TPSA) is 52.5 Å². The fourth-order valence-electron chi connectivity index (χ4n) is 2.35. The summed E-state index contributed by atoms with van der Waals surface area (Å²) in [5, 5.41) is 0. The Balaban J connectivity index is 2.25. The second-order valence-corrected chi connectivity index (χ2v) is 4.85. The Morgan fingerprint density at radius 3 is 2.86 bits per heavy atom. The maximum absolute atomic E-state index is 13.4. The van der Waals surface area contributed by atoms with Crippen LogP contribution in [0.25, 0.3) is 16.9 Å². The third kappa shape index (κ3) is 2.31. The first-order valence-electron chi connectivity index (χ1n) is 6.77. The van der Waals surface area contributed by atoms with Gasteiger partial charge in [0, 0.05) is 11.8 Å². The van der Waals surface area contributed by atoms with Gasteiger partial charge in [0.05, 0.1) is 6.61 Å². The number of anilines is 1. The summed E-state index contributed by atoms with van der Waals surface area (Å²) >= 11 is 0. The number of ether oxygens (including phenoxy) is 1. The van der Waals surface area contributed by atoms with E-state index in [-0.39, 0.29) is 5.82 Å². The van der Waals surface area contributed by atoms with E-state index in [1.54, 1.807) is 10.5 Å². The molecule has 1 aromatic carbocycles. The molecule has 0 fully saturated rings. The van der Waals surface area contributed by atoms with E-state index in [0.717, 1.165) is 16.9 Å². The summed E-state index contributed by atoms with van der Waals surface area (Å²) in [6.07, 6.45) is 1.33. The summed E-state index contributed by atoms with van der Waals surface area (Å²) in [4.78, 5) is 4.50. The average molecular weight is 285 g/mol. The quantitative estimate of drug-likeness (QED) is 0.802. The SMILES string of the molecule is CCOc1ccc(C)cc1-c1nc2ccc(F)cn2c1N. The minimum absolute atomic E-state index is 0.354. The van der Waals surface area contributed by atoms with Crippen molar-refractivity contribution >= 4 is 11.5 Å². The van der Waals surface area contributed by atoms with Gasteiger partial charge in [0.15, 0.2) is 0 Å². The largest absolute Gasteiger partial charge is 0.493 e. The van der Waals surface area contributed by atoms with Crippen molar-refractivity contribution in [2.45, 2.75) is 13.8 Å². The zero-order valence-electron chi connectivity index (χ0n) is 11.9.